The zero-order valence-corrected chi connectivity index (χ0v) is 17.6. The monoisotopic (exact) mass is 391 g/mol. The summed E-state index contributed by atoms with van der Waals surface area (Å²) in [5.41, 5.74) is 3.75. The van der Waals surface area contributed by atoms with Gasteiger partial charge in [-0.05, 0) is 33.3 Å². The standard InChI is InChI=1S/C12H21NO4.C9H12N2/c1-5-8(6-13(3)4)10(15)12-11(16)9(14)7(2)17-12;1-4-5-9-7(2)10-6-11-8(9)3/h5-7,9-12,14-16H,1H2,2-4H3;4-6H,1-3H3/b8-6+;5-4-/t7-,9-,10+,11-,12+;/m0./s1. The molecule has 2 rings (SSSR count). The molecule has 0 saturated carbocycles. The Balaban J connectivity index is 0.000000307. The van der Waals surface area contributed by atoms with Crippen LogP contribution in [0.15, 0.2) is 36.8 Å². The van der Waals surface area contributed by atoms with Crippen LogP contribution in [0.4, 0.5) is 0 Å². The highest BCUT2D eigenvalue weighted by atomic mass is 16.6. The van der Waals surface area contributed by atoms with Crippen LogP contribution in [0.2, 0.25) is 0 Å². The van der Waals surface area contributed by atoms with E-state index in [1.807, 2.05) is 47.0 Å². The SMILES string of the molecule is C/C=C\c1c(C)ncnc1C.C=C/C(=C\N(C)C)[C@@H](O)[C@H]1O[C@@H](C)[C@H](O)[C@@H]1O. The minimum Gasteiger partial charge on any atom is -0.388 e. The maximum absolute atomic E-state index is 10.1. The lowest BCUT2D eigenvalue weighted by atomic mass is 9.99. The van der Waals surface area contributed by atoms with Crippen LogP contribution in [0.1, 0.15) is 30.8 Å². The van der Waals surface area contributed by atoms with Gasteiger partial charge in [-0.25, -0.2) is 9.97 Å². The minimum absolute atomic E-state index is 0.491. The lowest BCUT2D eigenvalue weighted by Gasteiger charge is -2.23. The third-order valence-electron chi connectivity index (χ3n) is 4.45. The Bertz CT molecular complexity index is 683. The van der Waals surface area contributed by atoms with Crippen LogP contribution in [-0.2, 0) is 4.74 Å². The van der Waals surface area contributed by atoms with E-state index in [9.17, 15) is 15.3 Å². The van der Waals surface area contributed by atoms with Gasteiger partial charge in [0.2, 0.25) is 0 Å². The molecule has 0 spiro atoms. The van der Waals surface area contributed by atoms with Gasteiger partial charge in [-0.3, -0.25) is 0 Å². The van der Waals surface area contributed by atoms with E-state index >= 15 is 0 Å². The molecule has 5 atom stereocenters. The summed E-state index contributed by atoms with van der Waals surface area (Å²) in [5, 5.41) is 29.4. The summed E-state index contributed by atoms with van der Waals surface area (Å²) in [7, 11) is 3.64. The van der Waals surface area contributed by atoms with Crippen molar-refractivity contribution in [3.8, 4) is 0 Å². The van der Waals surface area contributed by atoms with E-state index in [0.717, 1.165) is 17.0 Å². The number of nitrogens with zero attached hydrogens (tertiary/aromatic N) is 3. The van der Waals surface area contributed by atoms with E-state index in [1.54, 1.807) is 24.4 Å². The number of ether oxygens (including phenoxy) is 1. The quantitative estimate of drug-likeness (QED) is 0.656. The van der Waals surface area contributed by atoms with Gasteiger partial charge < -0.3 is 25.0 Å². The molecule has 7 heteroatoms. The van der Waals surface area contributed by atoms with Crippen molar-refractivity contribution in [2.45, 2.75) is 58.2 Å². The highest BCUT2D eigenvalue weighted by Gasteiger charge is 2.44. The van der Waals surface area contributed by atoms with Gasteiger partial charge in [0.25, 0.3) is 0 Å². The van der Waals surface area contributed by atoms with E-state index in [1.165, 1.54) is 6.08 Å². The Morgan fingerprint density at radius 3 is 2.18 bits per heavy atom. The number of allylic oxidation sites excluding steroid dienone is 1. The molecular formula is C21H33N3O4. The highest BCUT2D eigenvalue weighted by Crippen LogP contribution is 2.26. The smallest absolute Gasteiger partial charge is 0.117 e. The van der Waals surface area contributed by atoms with Gasteiger partial charge in [0.05, 0.1) is 6.10 Å². The molecule has 0 radical (unpaired) electrons. The molecule has 2 heterocycles. The van der Waals surface area contributed by atoms with Crippen LogP contribution in [0, 0.1) is 13.8 Å². The number of rotatable bonds is 5. The second-order valence-corrected chi connectivity index (χ2v) is 6.99. The van der Waals surface area contributed by atoms with Gasteiger partial charge in [0.15, 0.2) is 0 Å². The Morgan fingerprint density at radius 1 is 1.21 bits per heavy atom. The van der Waals surface area contributed by atoms with Crippen molar-refractivity contribution in [1.82, 2.24) is 14.9 Å². The van der Waals surface area contributed by atoms with Gasteiger partial charge in [-0.1, -0.05) is 24.8 Å². The summed E-state index contributed by atoms with van der Waals surface area (Å²) in [6, 6.07) is 0. The Labute approximate surface area is 167 Å². The molecule has 1 saturated heterocycles. The van der Waals surface area contributed by atoms with Crippen molar-refractivity contribution in [2.75, 3.05) is 14.1 Å². The molecule has 1 aromatic heterocycles. The molecule has 0 amide bonds. The molecule has 1 fully saturated rings. The zero-order chi connectivity index (χ0) is 21.4. The topological polar surface area (TPSA) is 98.9 Å². The van der Waals surface area contributed by atoms with Crippen molar-refractivity contribution >= 4 is 6.08 Å². The van der Waals surface area contributed by atoms with Gasteiger partial charge >= 0.3 is 0 Å². The number of aryl methyl sites for hydroxylation is 2. The molecule has 0 aliphatic carbocycles. The summed E-state index contributed by atoms with van der Waals surface area (Å²) in [4.78, 5) is 9.96. The largest absolute Gasteiger partial charge is 0.388 e. The van der Waals surface area contributed by atoms with Crippen LogP contribution in [-0.4, -0.2) is 74.8 Å². The third-order valence-corrected chi connectivity index (χ3v) is 4.45. The molecular weight excluding hydrogens is 358 g/mol. The fourth-order valence-corrected chi connectivity index (χ4v) is 2.89. The summed E-state index contributed by atoms with van der Waals surface area (Å²) >= 11 is 0. The first-order valence-electron chi connectivity index (χ1n) is 9.25. The van der Waals surface area contributed by atoms with Crippen molar-refractivity contribution < 1.29 is 20.1 Å². The second-order valence-electron chi connectivity index (χ2n) is 6.99. The van der Waals surface area contributed by atoms with Crippen LogP contribution in [0.5, 0.6) is 0 Å². The number of hydrogen-bond acceptors (Lipinski definition) is 7. The second kappa shape index (κ2) is 11.1. The Morgan fingerprint density at radius 2 is 1.79 bits per heavy atom. The minimum atomic E-state index is -1.09. The third kappa shape index (κ3) is 6.24. The summed E-state index contributed by atoms with van der Waals surface area (Å²) in [5.74, 6) is 0. The Hall–Kier alpha value is -2.06. The predicted octanol–water partition coefficient (Wildman–Crippen LogP) is 1.61. The first-order valence-corrected chi connectivity index (χ1v) is 9.25. The first-order chi connectivity index (χ1) is 13.1. The Kier molecular flexibility index (Phi) is 9.48. The molecule has 7 nitrogen and oxygen atoms in total. The lowest BCUT2D eigenvalue weighted by molar-refractivity contribution is -0.0473. The average Bonchev–Trinajstić information content (AvgIpc) is 2.90. The molecule has 156 valence electrons. The van der Waals surface area contributed by atoms with E-state index < -0.39 is 30.5 Å². The van der Waals surface area contributed by atoms with Crippen LogP contribution in [0.3, 0.4) is 0 Å². The van der Waals surface area contributed by atoms with Crippen molar-refractivity contribution in [3.63, 3.8) is 0 Å². The maximum Gasteiger partial charge on any atom is 0.117 e. The number of aliphatic hydroxyl groups excluding tert-OH is 3. The predicted molar refractivity (Wildman–Crippen MR) is 111 cm³/mol. The normalized spacial score (nSPS) is 26.0. The van der Waals surface area contributed by atoms with Gasteiger partial charge in [0, 0.05) is 37.2 Å². The number of aliphatic hydroxyl groups is 3. The number of hydrogen-bond donors (Lipinski definition) is 3. The molecule has 0 aromatic carbocycles. The van der Waals surface area contributed by atoms with Crippen molar-refractivity contribution in [3.05, 3.63) is 53.8 Å². The summed E-state index contributed by atoms with van der Waals surface area (Å²) < 4.78 is 5.35. The van der Waals surface area contributed by atoms with E-state index in [4.69, 9.17) is 4.74 Å². The lowest BCUT2D eigenvalue weighted by Crippen LogP contribution is -2.39. The zero-order valence-electron chi connectivity index (χ0n) is 17.6. The van der Waals surface area contributed by atoms with Crippen LogP contribution >= 0.6 is 0 Å². The average molecular weight is 392 g/mol. The number of aromatic nitrogens is 2. The van der Waals surface area contributed by atoms with Crippen molar-refractivity contribution in [2.24, 2.45) is 0 Å². The van der Waals surface area contributed by atoms with E-state index in [0.29, 0.717) is 5.57 Å². The molecule has 0 bridgehead atoms. The fourth-order valence-electron chi connectivity index (χ4n) is 2.89. The fraction of sp³-hybridized carbons (Fsp3) is 0.524. The van der Waals surface area contributed by atoms with Gasteiger partial charge in [-0.15, -0.1) is 0 Å². The highest BCUT2D eigenvalue weighted by molar-refractivity contribution is 5.53. The van der Waals surface area contributed by atoms with E-state index in [-0.39, 0.29) is 0 Å². The van der Waals surface area contributed by atoms with Crippen molar-refractivity contribution in [1.29, 1.82) is 0 Å². The summed E-state index contributed by atoms with van der Waals surface area (Å²) in [6.07, 6.45) is 4.44. The van der Waals surface area contributed by atoms with Gasteiger partial charge in [0.1, 0.15) is 30.7 Å². The molecule has 3 N–H and O–H groups in total. The molecule has 1 aromatic rings. The summed E-state index contributed by atoms with van der Waals surface area (Å²) in [6.45, 7) is 11.2. The first kappa shape index (κ1) is 24.0. The molecule has 1 aliphatic heterocycles. The van der Waals surface area contributed by atoms with Crippen LogP contribution in [0.25, 0.3) is 6.08 Å². The molecule has 1 aliphatic rings. The van der Waals surface area contributed by atoms with Crippen LogP contribution < -0.4 is 0 Å². The molecule has 0 unspecified atom stereocenters. The van der Waals surface area contributed by atoms with E-state index in [2.05, 4.69) is 16.5 Å². The maximum atomic E-state index is 10.1. The molecule has 28 heavy (non-hydrogen) atoms. The van der Waals surface area contributed by atoms with Gasteiger partial charge in [-0.2, -0.15) is 0 Å².